The van der Waals surface area contributed by atoms with Gasteiger partial charge in [0.05, 0.1) is 5.69 Å². The fraction of sp³-hybridized carbons (Fsp3) is 0.214. The first kappa shape index (κ1) is 12.4. The third-order valence-electron chi connectivity index (χ3n) is 3.02. The molecule has 0 spiro atoms. The fourth-order valence-electron chi connectivity index (χ4n) is 2.10. The molecule has 102 valence electrons. The molecule has 20 heavy (non-hydrogen) atoms. The minimum absolute atomic E-state index is 0.501. The molecule has 0 amide bonds. The van der Waals surface area contributed by atoms with Gasteiger partial charge in [0.25, 0.3) is 0 Å². The molecule has 0 aliphatic rings. The van der Waals surface area contributed by atoms with Crippen molar-refractivity contribution in [3.63, 3.8) is 0 Å². The third kappa shape index (κ3) is 2.69. The molecule has 0 unspecified atom stereocenters. The van der Waals surface area contributed by atoms with Crippen LogP contribution in [0.25, 0.3) is 0 Å². The molecular formula is C14H16N6. The van der Waals surface area contributed by atoms with Crippen LogP contribution in [0.15, 0.2) is 36.4 Å². The zero-order valence-corrected chi connectivity index (χ0v) is 11.2. The highest BCUT2D eigenvalue weighted by Crippen LogP contribution is 2.09. The molecule has 3 rings (SSSR count). The first-order valence-electron chi connectivity index (χ1n) is 6.45. The summed E-state index contributed by atoms with van der Waals surface area (Å²) in [5, 5.41) is 11.5. The van der Waals surface area contributed by atoms with Gasteiger partial charge in [-0.15, -0.1) is 0 Å². The van der Waals surface area contributed by atoms with Gasteiger partial charge in [0.2, 0.25) is 0 Å². The van der Waals surface area contributed by atoms with E-state index in [1.807, 2.05) is 31.2 Å². The Morgan fingerprint density at radius 3 is 2.75 bits per heavy atom. The number of anilines is 1. The number of benzene rings is 1. The molecule has 0 atom stereocenters. The van der Waals surface area contributed by atoms with Gasteiger partial charge in [-0.05, 0) is 12.5 Å². The van der Waals surface area contributed by atoms with Crippen molar-refractivity contribution in [3.8, 4) is 0 Å². The van der Waals surface area contributed by atoms with E-state index in [0.717, 1.165) is 17.3 Å². The summed E-state index contributed by atoms with van der Waals surface area (Å²) in [5.41, 5.74) is 7.94. The van der Waals surface area contributed by atoms with Crippen LogP contribution in [0.1, 0.15) is 22.9 Å². The molecule has 2 heterocycles. The lowest BCUT2D eigenvalue weighted by molar-refractivity contribution is 0.660. The Morgan fingerprint density at radius 2 is 2.05 bits per heavy atom. The number of aromatic amines is 1. The van der Waals surface area contributed by atoms with E-state index in [-0.39, 0.29) is 0 Å². The van der Waals surface area contributed by atoms with E-state index in [1.54, 1.807) is 4.68 Å². The van der Waals surface area contributed by atoms with Gasteiger partial charge in [-0.3, -0.25) is 5.10 Å². The number of aryl methyl sites for hydroxylation is 1. The average molecular weight is 268 g/mol. The van der Waals surface area contributed by atoms with Gasteiger partial charge in [0, 0.05) is 12.5 Å². The summed E-state index contributed by atoms with van der Waals surface area (Å²) in [5.74, 6) is 2.16. The molecule has 6 nitrogen and oxygen atoms in total. The molecule has 3 N–H and O–H groups in total. The first-order valence-corrected chi connectivity index (χ1v) is 6.45. The highest BCUT2D eigenvalue weighted by molar-refractivity contribution is 5.30. The number of H-pyrrole nitrogens is 1. The van der Waals surface area contributed by atoms with Crippen LogP contribution in [0.3, 0.4) is 0 Å². The smallest absolute Gasteiger partial charge is 0.155 e. The molecule has 0 aliphatic heterocycles. The number of hydrogen-bond acceptors (Lipinski definition) is 4. The summed E-state index contributed by atoms with van der Waals surface area (Å²) in [6, 6.07) is 12.0. The van der Waals surface area contributed by atoms with E-state index in [0.29, 0.717) is 18.8 Å². The van der Waals surface area contributed by atoms with Crippen LogP contribution in [-0.2, 0) is 13.0 Å². The summed E-state index contributed by atoms with van der Waals surface area (Å²) < 4.78 is 1.71. The van der Waals surface area contributed by atoms with E-state index >= 15 is 0 Å². The molecule has 1 aromatic carbocycles. The molecule has 0 fully saturated rings. The fourth-order valence-corrected chi connectivity index (χ4v) is 2.10. The van der Waals surface area contributed by atoms with Crippen molar-refractivity contribution in [3.05, 3.63) is 59.3 Å². The van der Waals surface area contributed by atoms with Crippen LogP contribution in [0.4, 0.5) is 5.82 Å². The summed E-state index contributed by atoms with van der Waals surface area (Å²) in [6.45, 7) is 2.41. The number of nitrogens with two attached hydrogens (primary N) is 1. The molecule has 0 radical (unpaired) electrons. The predicted molar refractivity (Wildman–Crippen MR) is 76.1 cm³/mol. The van der Waals surface area contributed by atoms with E-state index in [4.69, 9.17) is 5.73 Å². The number of rotatable bonds is 4. The van der Waals surface area contributed by atoms with Crippen molar-refractivity contribution in [2.45, 2.75) is 19.9 Å². The van der Waals surface area contributed by atoms with E-state index in [9.17, 15) is 0 Å². The van der Waals surface area contributed by atoms with Crippen molar-refractivity contribution >= 4 is 5.82 Å². The molecule has 0 saturated carbocycles. The first-order chi connectivity index (χ1) is 9.70. The molecule has 6 heteroatoms. The van der Waals surface area contributed by atoms with Crippen LogP contribution in [0, 0.1) is 6.92 Å². The van der Waals surface area contributed by atoms with Crippen LogP contribution < -0.4 is 5.73 Å². The Labute approximate surface area is 116 Å². The quantitative estimate of drug-likeness (QED) is 0.751. The lowest BCUT2D eigenvalue weighted by atomic mass is 10.1. The van der Waals surface area contributed by atoms with Crippen LogP contribution in [0.2, 0.25) is 0 Å². The largest absolute Gasteiger partial charge is 0.384 e. The summed E-state index contributed by atoms with van der Waals surface area (Å²) >= 11 is 0. The monoisotopic (exact) mass is 268 g/mol. The molecule has 0 aliphatic carbocycles. The van der Waals surface area contributed by atoms with Gasteiger partial charge in [-0.25, -0.2) is 9.67 Å². The van der Waals surface area contributed by atoms with Gasteiger partial charge in [0.15, 0.2) is 5.82 Å². The van der Waals surface area contributed by atoms with E-state index in [2.05, 4.69) is 32.4 Å². The highest BCUT2D eigenvalue weighted by atomic mass is 15.3. The Kier molecular flexibility index (Phi) is 3.20. The van der Waals surface area contributed by atoms with Gasteiger partial charge >= 0.3 is 0 Å². The van der Waals surface area contributed by atoms with Crippen molar-refractivity contribution < 1.29 is 0 Å². The normalized spacial score (nSPS) is 10.8. The van der Waals surface area contributed by atoms with Gasteiger partial charge < -0.3 is 5.73 Å². The SMILES string of the molecule is Cc1cc(N)n(Cc2nc(Cc3ccccc3)n[nH]2)n1. The standard InChI is InChI=1S/C14H16N6/c1-10-7-12(15)20(19-10)9-14-16-13(17-18-14)8-11-5-3-2-4-6-11/h2-7H,8-9,15H2,1H3,(H,16,17,18). The van der Waals surface area contributed by atoms with Gasteiger partial charge in [-0.2, -0.15) is 10.2 Å². The molecule has 2 aromatic heterocycles. The van der Waals surface area contributed by atoms with Crippen LogP contribution in [-0.4, -0.2) is 25.0 Å². The van der Waals surface area contributed by atoms with Crippen molar-refractivity contribution in [1.29, 1.82) is 0 Å². The minimum Gasteiger partial charge on any atom is -0.384 e. The number of aromatic nitrogens is 5. The second kappa shape index (κ2) is 5.16. The lowest BCUT2D eigenvalue weighted by Gasteiger charge is -1.99. The summed E-state index contributed by atoms with van der Waals surface area (Å²) in [4.78, 5) is 4.47. The molecule has 0 bridgehead atoms. The summed E-state index contributed by atoms with van der Waals surface area (Å²) in [6.07, 6.45) is 0.713. The maximum absolute atomic E-state index is 5.86. The van der Waals surface area contributed by atoms with Crippen LogP contribution in [0.5, 0.6) is 0 Å². The van der Waals surface area contributed by atoms with Crippen LogP contribution >= 0.6 is 0 Å². The topological polar surface area (TPSA) is 85.4 Å². The Morgan fingerprint density at radius 1 is 1.25 bits per heavy atom. The number of hydrogen-bond donors (Lipinski definition) is 2. The lowest BCUT2D eigenvalue weighted by Crippen LogP contribution is -2.07. The Bertz CT molecular complexity index is 698. The van der Waals surface area contributed by atoms with Gasteiger partial charge in [0.1, 0.15) is 18.2 Å². The second-order valence-corrected chi connectivity index (χ2v) is 4.73. The van der Waals surface area contributed by atoms with Gasteiger partial charge in [-0.1, -0.05) is 30.3 Å². The predicted octanol–water partition coefficient (Wildman–Crippen LogP) is 1.53. The van der Waals surface area contributed by atoms with Crippen molar-refractivity contribution in [2.75, 3.05) is 5.73 Å². The molecule has 3 aromatic rings. The maximum atomic E-state index is 5.86. The summed E-state index contributed by atoms with van der Waals surface area (Å²) in [7, 11) is 0. The highest BCUT2D eigenvalue weighted by Gasteiger charge is 2.07. The Hall–Kier alpha value is -2.63. The van der Waals surface area contributed by atoms with E-state index < -0.39 is 0 Å². The third-order valence-corrected chi connectivity index (χ3v) is 3.02. The number of nitrogens with one attached hydrogen (secondary N) is 1. The minimum atomic E-state index is 0.501. The van der Waals surface area contributed by atoms with Crippen molar-refractivity contribution in [2.24, 2.45) is 0 Å². The number of nitrogens with zero attached hydrogens (tertiary/aromatic N) is 4. The zero-order valence-electron chi connectivity index (χ0n) is 11.2. The van der Waals surface area contributed by atoms with E-state index in [1.165, 1.54) is 5.56 Å². The molecule has 0 saturated heterocycles. The molecular weight excluding hydrogens is 252 g/mol. The number of nitrogen functional groups attached to an aromatic ring is 1. The maximum Gasteiger partial charge on any atom is 0.155 e. The second-order valence-electron chi connectivity index (χ2n) is 4.73. The zero-order chi connectivity index (χ0) is 13.9. The Balaban J connectivity index is 1.72. The van der Waals surface area contributed by atoms with Crippen molar-refractivity contribution in [1.82, 2.24) is 25.0 Å². The average Bonchev–Trinajstić information content (AvgIpc) is 2.98.